The summed E-state index contributed by atoms with van der Waals surface area (Å²) in [7, 11) is 0. The van der Waals surface area contributed by atoms with E-state index >= 15 is 0 Å². The minimum Gasteiger partial charge on any atom is -0.494 e. The van der Waals surface area contributed by atoms with Crippen LogP contribution in [0.5, 0.6) is 23.0 Å². The number of carbonyl (C=O) groups is 1. The Balaban J connectivity index is 0.000000136. The molecule has 0 unspecified atom stereocenters. The number of thiazole rings is 4. The molecule has 0 fully saturated rings. The molecule has 8 aromatic carbocycles. The molecule has 0 aliphatic rings. The summed E-state index contributed by atoms with van der Waals surface area (Å²) in [6.07, 6.45) is 5.71. The number of ether oxygens (including phenoxy) is 4. The van der Waals surface area contributed by atoms with Crippen LogP contribution in [0.2, 0.25) is 20.1 Å². The highest BCUT2D eigenvalue weighted by Crippen LogP contribution is 2.28. The number of nitrogens with zero attached hydrogens (tertiary/aromatic N) is 12. The van der Waals surface area contributed by atoms with Crippen molar-refractivity contribution in [2.75, 3.05) is 26.4 Å². The molecule has 0 atom stereocenters. The fraction of sp³-hybridized carbons (Fsp3) is 0.115. The normalized spacial score (nSPS) is 11.8. The van der Waals surface area contributed by atoms with Gasteiger partial charge in [-0.3, -0.25) is 24.0 Å². The lowest BCUT2D eigenvalue weighted by atomic mass is 10.2. The van der Waals surface area contributed by atoms with Gasteiger partial charge in [-0.1, -0.05) is 116 Å². The van der Waals surface area contributed by atoms with Crippen LogP contribution in [0.15, 0.2) is 189 Å². The van der Waals surface area contributed by atoms with E-state index in [1.807, 2.05) is 125 Å². The summed E-state index contributed by atoms with van der Waals surface area (Å²) in [5.41, 5.74) is 2.34. The average molecular weight is 1670 g/mol. The van der Waals surface area contributed by atoms with Crippen LogP contribution >= 0.6 is 91.8 Å². The molecule has 8 heterocycles. The number of aliphatic carboxylic acids is 1. The molecule has 112 heavy (non-hydrogen) atoms. The van der Waals surface area contributed by atoms with Crippen LogP contribution in [0.25, 0.3) is 89.7 Å². The number of carboxylic acids is 1. The van der Waals surface area contributed by atoms with E-state index in [2.05, 4.69) is 40.3 Å². The van der Waals surface area contributed by atoms with Crippen LogP contribution in [0, 0.1) is 23.3 Å². The van der Waals surface area contributed by atoms with Gasteiger partial charge in [-0.15, -0.1) is 20.4 Å². The molecular weight excluding hydrogens is 1610 g/mol. The maximum Gasteiger partial charge on any atom is 0.300 e. The largest absolute Gasteiger partial charge is 0.494 e. The van der Waals surface area contributed by atoms with Crippen molar-refractivity contribution in [3.63, 3.8) is 0 Å². The Labute approximate surface area is 666 Å². The van der Waals surface area contributed by atoms with Crippen LogP contribution in [0.1, 0.15) is 56.9 Å². The number of halogens is 8. The van der Waals surface area contributed by atoms with Gasteiger partial charge in [0.1, 0.15) is 46.3 Å². The smallest absolute Gasteiger partial charge is 0.300 e. The van der Waals surface area contributed by atoms with Crippen molar-refractivity contribution >= 4 is 142 Å². The summed E-state index contributed by atoms with van der Waals surface area (Å²) < 4.78 is 83.6. The first-order valence-electron chi connectivity index (χ1n) is 33.5. The molecule has 0 bridgehead atoms. The summed E-state index contributed by atoms with van der Waals surface area (Å²) in [5, 5.41) is 25.5. The van der Waals surface area contributed by atoms with Gasteiger partial charge in [0.15, 0.2) is 23.3 Å². The van der Waals surface area contributed by atoms with Crippen LogP contribution in [0.4, 0.5) is 17.6 Å². The minimum absolute atomic E-state index is 0.174. The SMILES string of the molecule is CC(=O)O.CCOc1ccc(-c2nc3s/c(=C\c4c(F)cccc4Cl)c(=O)n3n2)cc1.CCOc1ccc(-c2nc3s/c(=C\c4c(F)cccc4Cl)c(=O)n3n2)cc1.CCOc1ccc(-c2nc3s/c(=C\c4c(F)cccc4Cl)c(=O)n3n2)cc1.CCOc1ccc(-c2nc3s/c(=C\c4c(F)cccc4Cl)c(=O)n3n2)cc1. The monoisotopic (exact) mass is 1660 g/mol. The molecule has 0 saturated carbocycles. The number of hydrogen-bond donors (Lipinski definition) is 1. The summed E-state index contributed by atoms with van der Waals surface area (Å²) in [5.74, 6) is 1.99. The highest BCUT2D eigenvalue weighted by Gasteiger charge is 2.19. The third-order valence-corrected chi connectivity index (χ3v) is 20.7. The molecule has 0 aliphatic heterocycles. The van der Waals surface area contributed by atoms with E-state index in [-0.39, 0.29) is 64.6 Å². The van der Waals surface area contributed by atoms with Gasteiger partial charge >= 0.3 is 0 Å². The molecule has 22 nitrogen and oxygen atoms in total. The van der Waals surface area contributed by atoms with Crippen molar-refractivity contribution in [3.8, 4) is 68.5 Å². The average Bonchev–Trinajstić information content (AvgIpc) is 1.64. The van der Waals surface area contributed by atoms with Crippen molar-refractivity contribution in [1.82, 2.24) is 58.4 Å². The second kappa shape index (κ2) is 36.0. The Kier molecular flexibility index (Phi) is 25.7. The molecule has 8 aromatic heterocycles. The predicted molar refractivity (Wildman–Crippen MR) is 429 cm³/mol. The van der Waals surface area contributed by atoms with Crippen molar-refractivity contribution in [2.45, 2.75) is 34.6 Å². The zero-order chi connectivity index (χ0) is 79.4. The standard InChI is InChI=1S/4C19H13ClFN3O2S.C2H4O2/c4*1-2-26-12-8-6-11(7-9-12)17-22-19-24(23-17)18(25)16(27-19)10-13-14(20)4-3-5-15(13)21;1-2(3)4/h4*3-10H,2H2,1H3;1H3,(H,3,4)/b4*16-10-;. The Morgan fingerprint density at radius 1 is 0.357 bits per heavy atom. The maximum absolute atomic E-state index is 14.0. The molecule has 0 radical (unpaired) electrons. The van der Waals surface area contributed by atoms with Crippen molar-refractivity contribution in [2.24, 2.45) is 0 Å². The fourth-order valence-corrected chi connectivity index (χ4v) is 14.8. The molecule has 0 aliphatic carbocycles. The molecule has 0 amide bonds. The molecule has 34 heteroatoms. The highest BCUT2D eigenvalue weighted by atomic mass is 35.5. The number of benzene rings is 8. The quantitative estimate of drug-likeness (QED) is 0.0881. The summed E-state index contributed by atoms with van der Waals surface area (Å²) >= 11 is 28.6. The third-order valence-electron chi connectivity index (χ3n) is 15.5. The number of hydrogen-bond acceptors (Lipinski definition) is 21. The molecule has 16 aromatic rings. The maximum atomic E-state index is 14.0. The molecular formula is C78H56Cl4F4N12O10S4. The van der Waals surface area contributed by atoms with Crippen LogP contribution < -0.4 is 59.3 Å². The molecule has 0 saturated heterocycles. The lowest BCUT2D eigenvalue weighted by molar-refractivity contribution is -0.134. The summed E-state index contributed by atoms with van der Waals surface area (Å²) in [4.78, 5) is 78.7. The van der Waals surface area contributed by atoms with Crippen LogP contribution in [0.3, 0.4) is 0 Å². The highest BCUT2D eigenvalue weighted by molar-refractivity contribution is 7.16. The number of fused-ring (bicyclic) bond motifs is 4. The Morgan fingerprint density at radius 2 is 0.545 bits per heavy atom. The minimum atomic E-state index is -0.833. The Hall–Kier alpha value is -11.6. The van der Waals surface area contributed by atoms with Gasteiger partial charge in [-0.25, -0.2) is 17.6 Å². The Morgan fingerprint density at radius 3 is 0.705 bits per heavy atom. The van der Waals surface area contributed by atoms with Crippen LogP contribution in [-0.2, 0) is 4.79 Å². The van der Waals surface area contributed by atoms with Crippen molar-refractivity contribution in [3.05, 3.63) is 295 Å². The van der Waals surface area contributed by atoms with E-state index < -0.39 is 29.2 Å². The van der Waals surface area contributed by atoms with E-state index in [9.17, 15) is 36.7 Å². The lowest BCUT2D eigenvalue weighted by Crippen LogP contribution is -2.23. The van der Waals surface area contributed by atoms with E-state index in [0.29, 0.717) is 87.7 Å². The van der Waals surface area contributed by atoms with E-state index in [4.69, 9.17) is 75.3 Å². The van der Waals surface area contributed by atoms with E-state index in [0.717, 1.165) is 97.5 Å². The molecule has 568 valence electrons. The van der Waals surface area contributed by atoms with E-state index in [1.54, 1.807) is 24.3 Å². The third kappa shape index (κ3) is 18.5. The van der Waals surface area contributed by atoms with E-state index in [1.165, 1.54) is 90.9 Å². The second-order valence-electron chi connectivity index (χ2n) is 23.1. The van der Waals surface area contributed by atoms with Gasteiger partial charge in [0.05, 0.1) is 64.6 Å². The molecule has 0 spiro atoms. The van der Waals surface area contributed by atoms with Gasteiger partial charge in [0.2, 0.25) is 19.8 Å². The summed E-state index contributed by atoms with van der Waals surface area (Å²) in [6.45, 7) is 11.1. The van der Waals surface area contributed by atoms with Crippen molar-refractivity contribution in [1.29, 1.82) is 0 Å². The Bertz CT molecular complexity index is 5760. The van der Waals surface area contributed by atoms with Gasteiger partial charge in [0.25, 0.3) is 28.2 Å². The number of carboxylic acid groups (broad SMARTS) is 1. The first-order chi connectivity index (χ1) is 54.0. The van der Waals surface area contributed by atoms with Crippen molar-refractivity contribution < 1.29 is 46.4 Å². The molecule has 1 N–H and O–H groups in total. The number of aromatic nitrogens is 12. The van der Waals surface area contributed by atoms with Crippen LogP contribution in [-0.4, -0.2) is 95.9 Å². The van der Waals surface area contributed by atoms with Gasteiger partial charge < -0.3 is 24.1 Å². The zero-order valence-corrected chi connectivity index (χ0v) is 65.2. The second-order valence-corrected chi connectivity index (χ2v) is 28.7. The number of rotatable bonds is 16. The first-order valence-corrected chi connectivity index (χ1v) is 38.3. The zero-order valence-electron chi connectivity index (χ0n) is 58.9. The fourth-order valence-electron chi connectivity index (χ4n) is 10.4. The predicted octanol–water partition coefficient (Wildman–Crippen LogP) is 14.3. The van der Waals surface area contributed by atoms with Gasteiger partial charge in [0, 0.05) is 51.4 Å². The van der Waals surface area contributed by atoms with Gasteiger partial charge in [-0.2, -0.15) is 38.0 Å². The first kappa shape index (κ1) is 79.9. The van der Waals surface area contributed by atoms with Gasteiger partial charge in [-0.05, 0) is 198 Å². The molecule has 16 rings (SSSR count). The summed E-state index contributed by atoms with van der Waals surface area (Å²) in [6, 6.07) is 46.8. The topological polar surface area (TPSA) is 263 Å². The lowest BCUT2D eigenvalue weighted by Gasteiger charge is -2.02.